The van der Waals surface area contributed by atoms with Crippen LogP contribution in [0.25, 0.3) is 0 Å². The zero-order valence-corrected chi connectivity index (χ0v) is 15.4. The Hall–Kier alpha value is -2.64. The quantitative estimate of drug-likeness (QED) is 0.341. The average Bonchev–Trinajstić information content (AvgIpc) is 2.61. The number of nitrogens with zero attached hydrogens (tertiary/aromatic N) is 1. The van der Waals surface area contributed by atoms with Gasteiger partial charge in [0.1, 0.15) is 5.71 Å². The van der Waals surface area contributed by atoms with Gasteiger partial charge in [-0.15, -0.1) is 0 Å². The first-order valence-corrected chi connectivity index (χ1v) is 8.55. The van der Waals surface area contributed by atoms with Gasteiger partial charge in [0.05, 0.1) is 10.6 Å². The topological polar surface area (TPSA) is 93.0 Å². The van der Waals surface area contributed by atoms with Crippen LogP contribution in [-0.4, -0.2) is 28.5 Å². The third-order valence-corrected chi connectivity index (χ3v) is 4.67. The average molecular weight is 392 g/mol. The number of carbonyl (C=O) groups excluding carboxylic acids is 2. The highest BCUT2D eigenvalue weighted by atomic mass is 35.5. The third kappa shape index (κ3) is 5.18. The Morgan fingerprint density at radius 1 is 1.04 bits per heavy atom. The van der Waals surface area contributed by atoms with Gasteiger partial charge in [-0.05, 0) is 49.4 Å². The summed E-state index contributed by atoms with van der Waals surface area (Å²) in [5, 5.41) is 12.8. The molecule has 0 fully saturated rings. The molecule has 2 aromatic carbocycles. The van der Waals surface area contributed by atoms with Crippen molar-refractivity contribution in [2.75, 3.05) is 0 Å². The van der Waals surface area contributed by atoms with E-state index in [-0.39, 0.29) is 17.1 Å². The van der Waals surface area contributed by atoms with Gasteiger partial charge in [-0.3, -0.25) is 4.79 Å². The molecule has 2 rings (SSSR count). The molecule has 2 aromatic rings. The van der Waals surface area contributed by atoms with Gasteiger partial charge in [0, 0.05) is 22.3 Å². The van der Waals surface area contributed by atoms with Crippen LogP contribution in [0, 0.1) is 0 Å². The summed E-state index contributed by atoms with van der Waals surface area (Å²) in [6.45, 7) is 2.65. The number of oxime groups is 1. The maximum Gasteiger partial charge on any atom is 0.335 e. The molecule has 0 spiro atoms. The Balaban J connectivity index is 2.12. The molecule has 0 radical (unpaired) electrons. The number of Topliss-reactive ketones (excluding diaryl/α,β-unsaturated/α-hetero) is 1. The highest BCUT2D eigenvalue weighted by Gasteiger charge is 2.12. The molecule has 0 amide bonds. The Morgan fingerprint density at radius 2 is 1.65 bits per heavy atom. The van der Waals surface area contributed by atoms with Crippen LogP contribution in [0.5, 0.6) is 0 Å². The third-order valence-electron chi connectivity index (χ3n) is 3.16. The van der Waals surface area contributed by atoms with E-state index in [4.69, 9.17) is 16.7 Å². The van der Waals surface area contributed by atoms with Crippen LogP contribution in [0.15, 0.2) is 57.4 Å². The SMILES string of the molecule is CC(=O)O/N=C(\C)C(=O)c1ccc(Sc2ccc(C(=O)O)cc2Cl)cc1. The van der Waals surface area contributed by atoms with Crippen molar-refractivity contribution in [3.63, 3.8) is 0 Å². The van der Waals surface area contributed by atoms with Gasteiger partial charge in [0.15, 0.2) is 0 Å². The maximum absolute atomic E-state index is 12.2. The molecule has 1 N–H and O–H groups in total. The van der Waals surface area contributed by atoms with Crippen molar-refractivity contribution in [3.05, 3.63) is 58.6 Å². The van der Waals surface area contributed by atoms with E-state index in [0.717, 1.165) is 4.90 Å². The van der Waals surface area contributed by atoms with Gasteiger partial charge in [-0.25, -0.2) is 9.59 Å². The summed E-state index contributed by atoms with van der Waals surface area (Å²) in [4.78, 5) is 39.8. The van der Waals surface area contributed by atoms with Crippen LogP contribution < -0.4 is 0 Å². The lowest BCUT2D eigenvalue weighted by atomic mass is 10.1. The fourth-order valence-corrected chi connectivity index (χ4v) is 3.02. The summed E-state index contributed by atoms with van der Waals surface area (Å²) in [5.74, 6) is -2.00. The molecule has 0 saturated heterocycles. The second-order valence-electron chi connectivity index (χ2n) is 5.17. The van der Waals surface area contributed by atoms with Gasteiger partial charge in [-0.1, -0.05) is 28.5 Å². The standard InChI is InChI=1S/C18H14ClNO5S/c1-10(20-25-11(2)21)17(22)12-3-6-14(7-4-12)26-16-8-5-13(18(23)24)9-15(16)19/h3-9H,1-2H3,(H,23,24)/b20-10+. The van der Waals surface area contributed by atoms with Crippen molar-refractivity contribution in [2.24, 2.45) is 5.16 Å². The monoisotopic (exact) mass is 391 g/mol. The molecule has 6 nitrogen and oxygen atoms in total. The minimum atomic E-state index is -1.04. The molecular weight excluding hydrogens is 378 g/mol. The number of hydrogen-bond donors (Lipinski definition) is 1. The first-order valence-electron chi connectivity index (χ1n) is 7.35. The van der Waals surface area contributed by atoms with E-state index in [9.17, 15) is 14.4 Å². The molecule has 0 heterocycles. The molecule has 0 aliphatic rings. The second-order valence-corrected chi connectivity index (χ2v) is 6.69. The van der Waals surface area contributed by atoms with Gasteiger partial charge in [0.25, 0.3) is 0 Å². The second kappa shape index (κ2) is 8.64. The lowest BCUT2D eigenvalue weighted by Gasteiger charge is -2.06. The van der Waals surface area contributed by atoms with Crippen LogP contribution in [-0.2, 0) is 9.63 Å². The number of carboxylic acids is 1. The number of halogens is 1. The first kappa shape index (κ1) is 19.7. The minimum absolute atomic E-state index is 0.0629. The van der Waals surface area contributed by atoms with E-state index in [1.807, 2.05) is 0 Å². The Morgan fingerprint density at radius 3 is 2.19 bits per heavy atom. The molecule has 0 bridgehead atoms. The van der Waals surface area contributed by atoms with Crippen molar-refractivity contribution in [1.29, 1.82) is 0 Å². The number of hydrogen-bond acceptors (Lipinski definition) is 6. The largest absolute Gasteiger partial charge is 0.478 e. The molecule has 0 saturated carbocycles. The zero-order valence-electron chi connectivity index (χ0n) is 13.9. The van der Waals surface area contributed by atoms with E-state index >= 15 is 0 Å². The Kier molecular flexibility index (Phi) is 6.54. The molecule has 8 heteroatoms. The number of carboxylic acid groups (broad SMARTS) is 1. The Bertz CT molecular complexity index is 893. The maximum atomic E-state index is 12.2. The van der Waals surface area contributed by atoms with Crippen molar-refractivity contribution in [1.82, 2.24) is 0 Å². The molecule has 0 unspecified atom stereocenters. The fourth-order valence-electron chi connectivity index (χ4n) is 1.90. The normalized spacial score (nSPS) is 11.1. The molecule has 26 heavy (non-hydrogen) atoms. The molecule has 0 aromatic heterocycles. The van der Waals surface area contributed by atoms with Crippen LogP contribution in [0.4, 0.5) is 0 Å². The summed E-state index contributed by atoms with van der Waals surface area (Å²) < 4.78 is 0. The highest BCUT2D eigenvalue weighted by Crippen LogP contribution is 2.34. The molecule has 134 valence electrons. The first-order chi connectivity index (χ1) is 12.3. The van der Waals surface area contributed by atoms with Gasteiger partial charge in [0.2, 0.25) is 5.78 Å². The number of aromatic carboxylic acids is 1. The van der Waals surface area contributed by atoms with Crippen molar-refractivity contribution in [3.8, 4) is 0 Å². The predicted molar refractivity (Wildman–Crippen MR) is 98.2 cm³/mol. The van der Waals surface area contributed by atoms with Crippen LogP contribution in [0.3, 0.4) is 0 Å². The van der Waals surface area contributed by atoms with Gasteiger partial charge in [-0.2, -0.15) is 0 Å². The van der Waals surface area contributed by atoms with E-state index in [1.165, 1.54) is 37.7 Å². The zero-order chi connectivity index (χ0) is 19.3. The predicted octanol–water partition coefficient (Wildman–Crippen LogP) is 4.31. The summed E-state index contributed by atoms with van der Waals surface area (Å²) in [6, 6.07) is 11.2. The number of rotatable bonds is 6. The molecule has 0 aliphatic carbocycles. The van der Waals surface area contributed by atoms with E-state index in [2.05, 4.69) is 9.99 Å². The number of ketones is 1. The molecule has 0 aliphatic heterocycles. The smallest absolute Gasteiger partial charge is 0.335 e. The fraction of sp³-hybridized carbons (Fsp3) is 0.111. The lowest BCUT2D eigenvalue weighted by molar-refractivity contribution is -0.140. The van der Waals surface area contributed by atoms with Crippen LogP contribution >= 0.6 is 23.4 Å². The van der Waals surface area contributed by atoms with Gasteiger partial charge < -0.3 is 9.94 Å². The van der Waals surface area contributed by atoms with E-state index < -0.39 is 11.9 Å². The van der Waals surface area contributed by atoms with Crippen molar-refractivity contribution < 1.29 is 24.3 Å². The number of carbonyl (C=O) groups is 3. The van der Waals surface area contributed by atoms with Crippen LogP contribution in [0.1, 0.15) is 34.6 Å². The summed E-state index contributed by atoms with van der Waals surface area (Å²) in [5.41, 5.74) is 0.575. The van der Waals surface area contributed by atoms with E-state index in [0.29, 0.717) is 15.5 Å². The van der Waals surface area contributed by atoms with Crippen molar-refractivity contribution >= 4 is 46.8 Å². The van der Waals surface area contributed by atoms with Gasteiger partial charge >= 0.3 is 11.9 Å². The number of benzene rings is 2. The van der Waals surface area contributed by atoms with Crippen LogP contribution in [0.2, 0.25) is 5.02 Å². The minimum Gasteiger partial charge on any atom is -0.478 e. The summed E-state index contributed by atoms with van der Waals surface area (Å²) in [6.07, 6.45) is 0. The van der Waals surface area contributed by atoms with E-state index in [1.54, 1.807) is 30.3 Å². The molecular formula is C18H14ClNO5S. The summed E-state index contributed by atoms with van der Waals surface area (Å²) in [7, 11) is 0. The Labute approximate surface area is 158 Å². The highest BCUT2D eigenvalue weighted by molar-refractivity contribution is 7.99. The lowest BCUT2D eigenvalue weighted by Crippen LogP contribution is -2.11. The van der Waals surface area contributed by atoms with Crippen molar-refractivity contribution in [2.45, 2.75) is 23.6 Å². The summed E-state index contributed by atoms with van der Waals surface area (Å²) >= 11 is 7.45. The molecule has 0 atom stereocenters.